The van der Waals surface area contributed by atoms with Crippen LogP contribution in [-0.4, -0.2) is 34.5 Å². The van der Waals surface area contributed by atoms with Crippen LogP contribution in [0.25, 0.3) is 0 Å². The summed E-state index contributed by atoms with van der Waals surface area (Å²) in [6, 6.07) is 17.9. The van der Waals surface area contributed by atoms with Crippen molar-refractivity contribution >= 4 is 17.6 Å². The average molecular weight is 366 g/mol. The van der Waals surface area contributed by atoms with Crippen LogP contribution in [0.4, 0.5) is 10.5 Å². The van der Waals surface area contributed by atoms with Crippen LogP contribution >= 0.6 is 0 Å². The minimum Gasteiger partial charge on any atom is -0.388 e. The summed E-state index contributed by atoms with van der Waals surface area (Å²) in [6.45, 7) is 6.15. The van der Waals surface area contributed by atoms with Gasteiger partial charge in [0.1, 0.15) is 0 Å². The number of carbonyl (C=O) groups is 2. The van der Waals surface area contributed by atoms with Crippen molar-refractivity contribution in [1.82, 2.24) is 4.90 Å². The first-order valence-electron chi connectivity index (χ1n) is 9.34. The number of para-hydroxylation sites is 1. The second-order valence-corrected chi connectivity index (χ2v) is 7.39. The number of hydrogen-bond acceptors (Lipinski definition) is 3. The highest BCUT2D eigenvalue weighted by Crippen LogP contribution is 2.31. The van der Waals surface area contributed by atoms with E-state index < -0.39 is 12.0 Å². The minimum atomic E-state index is -0.954. The van der Waals surface area contributed by atoms with Crippen LogP contribution in [0.3, 0.4) is 0 Å². The molecule has 1 fully saturated rings. The van der Waals surface area contributed by atoms with Crippen LogP contribution in [0, 0.1) is 11.8 Å². The van der Waals surface area contributed by atoms with Crippen molar-refractivity contribution in [3.8, 4) is 0 Å². The van der Waals surface area contributed by atoms with Gasteiger partial charge in [0.15, 0.2) is 0 Å². The number of hydrogen-bond donors (Lipinski definition) is 1. The minimum absolute atomic E-state index is 0.118. The van der Waals surface area contributed by atoms with Crippen molar-refractivity contribution in [3.05, 3.63) is 66.2 Å². The summed E-state index contributed by atoms with van der Waals surface area (Å²) in [4.78, 5) is 29.2. The summed E-state index contributed by atoms with van der Waals surface area (Å²) in [5, 5.41) is 10.6. The molecule has 0 aliphatic carbocycles. The number of aliphatic hydroxyl groups is 1. The van der Waals surface area contributed by atoms with E-state index >= 15 is 0 Å². The molecule has 0 spiro atoms. The van der Waals surface area contributed by atoms with Gasteiger partial charge in [-0.25, -0.2) is 4.79 Å². The zero-order chi connectivity index (χ0) is 19.6. The smallest absolute Gasteiger partial charge is 0.331 e. The quantitative estimate of drug-likeness (QED) is 0.874. The molecule has 3 atom stereocenters. The zero-order valence-electron chi connectivity index (χ0n) is 15.9. The molecule has 142 valence electrons. The lowest BCUT2D eigenvalue weighted by molar-refractivity contribution is -0.137. The molecule has 1 saturated heterocycles. The Morgan fingerprint density at radius 1 is 1.00 bits per heavy atom. The summed E-state index contributed by atoms with van der Waals surface area (Å²) in [6.07, 6.45) is -0.954. The normalized spacial score (nSPS) is 19.4. The van der Waals surface area contributed by atoms with Gasteiger partial charge in [0.05, 0.1) is 18.1 Å². The van der Waals surface area contributed by atoms with E-state index in [0.29, 0.717) is 12.1 Å². The van der Waals surface area contributed by atoms with Gasteiger partial charge in [-0.2, -0.15) is 0 Å². The Morgan fingerprint density at radius 2 is 1.56 bits per heavy atom. The first-order valence-corrected chi connectivity index (χ1v) is 9.34. The molecule has 1 heterocycles. The predicted molar refractivity (Wildman–Crippen MR) is 105 cm³/mol. The van der Waals surface area contributed by atoms with Gasteiger partial charge >= 0.3 is 6.03 Å². The van der Waals surface area contributed by atoms with E-state index in [-0.39, 0.29) is 23.9 Å². The summed E-state index contributed by atoms with van der Waals surface area (Å²) >= 11 is 0. The number of rotatable bonds is 5. The number of amides is 3. The largest absolute Gasteiger partial charge is 0.388 e. The summed E-state index contributed by atoms with van der Waals surface area (Å²) in [5.74, 6) is -0.936. The second-order valence-electron chi connectivity index (χ2n) is 7.39. The fourth-order valence-electron chi connectivity index (χ4n) is 3.50. The van der Waals surface area contributed by atoms with Gasteiger partial charge in [-0.05, 0) is 23.6 Å². The molecule has 2 aromatic rings. The molecule has 0 bridgehead atoms. The Labute approximate surface area is 160 Å². The van der Waals surface area contributed by atoms with Gasteiger partial charge in [-0.1, -0.05) is 69.3 Å². The number of benzene rings is 2. The van der Waals surface area contributed by atoms with Crippen LogP contribution in [-0.2, 0) is 4.79 Å². The predicted octanol–water partition coefficient (Wildman–Crippen LogP) is 3.85. The molecule has 3 rings (SSSR count). The number of urea groups is 1. The number of aliphatic hydroxyl groups excluding tert-OH is 1. The Bertz CT molecular complexity index is 792. The first-order chi connectivity index (χ1) is 12.9. The lowest BCUT2D eigenvalue weighted by Gasteiger charge is -2.28. The highest BCUT2D eigenvalue weighted by molar-refractivity contribution is 6.06. The number of imide groups is 1. The van der Waals surface area contributed by atoms with E-state index in [9.17, 15) is 14.7 Å². The van der Waals surface area contributed by atoms with Crippen molar-refractivity contribution in [2.75, 3.05) is 11.4 Å². The molecule has 1 aliphatic rings. The van der Waals surface area contributed by atoms with E-state index in [1.54, 1.807) is 24.0 Å². The van der Waals surface area contributed by atoms with E-state index in [1.165, 1.54) is 4.90 Å². The Kier molecular flexibility index (Phi) is 5.61. The molecule has 5 heteroatoms. The number of anilines is 1. The van der Waals surface area contributed by atoms with Gasteiger partial charge in [0.25, 0.3) is 0 Å². The molecule has 3 amide bonds. The van der Waals surface area contributed by atoms with E-state index in [1.807, 2.05) is 62.4 Å². The lowest BCUT2D eigenvalue weighted by atomic mass is 9.94. The van der Waals surface area contributed by atoms with Crippen LogP contribution < -0.4 is 4.90 Å². The Hall–Kier alpha value is -2.66. The summed E-state index contributed by atoms with van der Waals surface area (Å²) in [7, 11) is 0. The van der Waals surface area contributed by atoms with Crippen molar-refractivity contribution in [1.29, 1.82) is 0 Å². The maximum atomic E-state index is 13.2. The van der Waals surface area contributed by atoms with Crippen molar-refractivity contribution < 1.29 is 14.7 Å². The zero-order valence-corrected chi connectivity index (χ0v) is 15.9. The van der Waals surface area contributed by atoms with E-state index in [4.69, 9.17) is 0 Å². The molecule has 0 radical (unpaired) electrons. The third-order valence-corrected chi connectivity index (χ3v) is 5.22. The highest BCUT2D eigenvalue weighted by Gasteiger charge is 2.45. The Balaban J connectivity index is 1.86. The van der Waals surface area contributed by atoms with Crippen LogP contribution in [0.5, 0.6) is 0 Å². The molecule has 0 aromatic heterocycles. The van der Waals surface area contributed by atoms with Crippen molar-refractivity contribution in [3.63, 3.8) is 0 Å². The molecule has 2 aromatic carbocycles. The molecular formula is C22H26N2O3. The molecule has 1 aliphatic heterocycles. The molecular weight excluding hydrogens is 340 g/mol. The third-order valence-electron chi connectivity index (χ3n) is 5.22. The van der Waals surface area contributed by atoms with Gasteiger partial charge in [0.2, 0.25) is 5.91 Å². The van der Waals surface area contributed by atoms with Crippen LogP contribution in [0.1, 0.15) is 32.4 Å². The molecule has 27 heavy (non-hydrogen) atoms. The average Bonchev–Trinajstić information content (AvgIpc) is 3.05. The van der Waals surface area contributed by atoms with Gasteiger partial charge in [-0.3, -0.25) is 14.6 Å². The lowest BCUT2D eigenvalue weighted by Crippen LogP contribution is -2.46. The summed E-state index contributed by atoms with van der Waals surface area (Å²) in [5.41, 5.74) is 1.45. The third kappa shape index (κ3) is 3.74. The highest BCUT2D eigenvalue weighted by atomic mass is 16.3. The van der Waals surface area contributed by atoms with Crippen LogP contribution in [0.2, 0.25) is 0 Å². The molecule has 0 unspecified atom stereocenters. The first kappa shape index (κ1) is 19.1. The molecule has 0 saturated carbocycles. The standard InChI is InChI=1S/C22H26N2O3/c1-15(2)19-14-23(18-12-8-5-9-13-18)22(27)24(19)21(26)16(3)20(25)17-10-6-4-7-11-17/h4-13,15-16,19-20,25H,14H2,1-3H3/t16-,19+,20-/m0/s1. The topological polar surface area (TPSA) is 60.9 Å². The fraction of sp³-hybridized carbons (Fsp3) is 0.364. The van der Waals surface area contributed by atoms with E-state index in [2.05, 4.69) is 0 Å². The van der Waals surface area contributed by atoms with Crippen molar-refractivity contribution in [2.45, 2.75) is 32.9 Å². The van der Waals surface area contributed by atoms with Crippen molar-refractivity contribution in [2.24, 2.45) is 11.8 Å². The summed E-state index contributed by atoms with van der Waals surface area (Å²) < 4.78 is 0. The maximum Gasteiger partial charge on any atom is 0.331 e. The second kappa shape index (κ2) is 7.92. The van der Waals surface area contributed by atoms with Crippen LogP contribution in [0.15, 0.2) is 60.7 Å². The molecule has 1 N–H and O–H groups in total. The fourth-order valence-corrected chi connectivity index (χ4v) is 3.50. The SMILES string of the molecule is CC(C)[C@H]1CN(c2ccccc2)C(=O)N1C(=O)[C@@H](C)[C@H](O)c1ccccc1. The molecule has 5 nitrogen and oxygen atoms in total. The van der Waals surface area contributed by atoms with Gasteiger partial charge in [0, 0.05) is 12.2 Å². The Morgan fingerprint density at radius 3 is 2.11 bits per heavy atom. The maximum absolute atomic E-state index is 13.2. The van der Waals surface area contributed by atoms with Gasteiger partial charge in [-0.15, -0.1) is 0 Å². The van der Waals surface area contributed by atoms with Gasteiger partial charge < -0.3 is 5.11 Å². The van der Waals surface area contributed by atoms with E-state index in [0.717, 1.165) is 5.69 Å². The number of nitrogens with zero attached hydrogens (tertiary/aromatic N) is 2. The monoisotopic (exact) mass is 366 g/mol. The number of carbonyl (C=O) groups excluding carboxylic acids is 2.